The minimum absolute atomic E-state index is 0.0186. The minimum atomic E-state index is -0.198. The van der Waals surface area contributed by atoms with Gasteiger partial charge in [-0.2, -0.15) is 0 Å². The molecule has 5 aromatic rings. The Morgan fingerprint density at radius 2 is 1.92 bits per heavy atom. The number of H-pyrrole nitrogens is 2. The van der Waals surface area contributed by atoms with Crippen molar-refractivity contribution in [2.45, 2.75) is 38.6 Å². The number of nitrogens with one attached hydrogen (secondary N) is 2. The van der Waals surface area contributed by atoms with E-state index in [2.05, 4.69) is 33.2 Å². The Bertz CT molecular complexity index is 1720. The maximum atomic E-state index is 13.7. The lowest BCUT2D eigenvalue weighted by Gasteiger charge is -2.28. The highest BCUT2D eigenvalue weighted by molar-refractivity contribution is 5.99. The van der Waals surface area contributed by atoms with Crippen molar-refractivity contribution in [1.29, 1.82) is 0 Å². The van der Waals surface area contributed by atoms with Crippen molar-refractivity contribution in [1.82, 2.24) is 24.3 Å². The number of aryl methyl sites for hydroxylation is 1. The second-order valence-electron chi connectivity index (χ2n) is 9.97. The Labute approximate surface area is 206 Å². The summed E-state index contributed by atoms with van der Waals surface area (Å²) in [6, 6.07) is 12.1. The molecule has 0 saturated carbocycles. The fourth-order valence-electron chi connectivity index (χ4n) is 5.95. The largest absolute Gasteiger partial charge is 0.381 e. The molecule has 1 fully saturated rings. The maximum absolute atomic E-state index is 13.7. The van der Waals surface area contributed by atoms with Crippen LogP contribution in [-0.2, 0) is 17.7 Å². The summed E-state index contributed by atoms with van der Waals surface area (Å²) in [6.07, 6.45) is 4.24. The summed E-state index contributed by atoms with van der Waals surface area (Å²) < 4.78 is 7.50. The lowest BCUT2D eigenvalue weighted by atomic mass is 9.99. The Morgan fingerprint density at radius 1 is 1.08 bits per heavy atom. The Hall–Kier alpha value is -3.91. The van der Waals surface area contributed by atoms with Gasteiger partial charge in [-0.25, -0.2) is 4.98 Å². The van der Waals surface area contributed by atoms with Crippen molar-refractivity contribution in [3.63, 3.8) is 0 Å². The van der Waals surface area contributed by atoms with Gasteiger partial charge in [-0.05, 0) is 55.5 Å². The SMILES string of the molecule is Cc1cc2c(cc1C(=O)N1CCc3c([nH]c4ccccc34)C1)[nH]c(=O)c1cnc(C3CCOCC3)n12. The first kappa shape index (κ1) is 21.4. The van der Waals surface area contributed by atoms with Crippen LogP contribution in [0.15, 0.2) is 47.4 Å². The zero-order valence-electron chi connectivity index (χ0n) is 20.1. The average Bonchev–Trinajstić information content (AvgIpc) is 3.51. The number of hydrogen-bond acceptors (Lipinski definition) is 4. The zero-order chi connectivity index (χ0) is 24.4. The normalized spacial score (nSPS) is 16.8. The van der Waals surface area contributed by atoms with Crippen molar-refractivity contribution in [3.8, 4) is 0 Å². The molecule has 5 heterocycles. The molecule has 0 unspecified atom stereocenters. The molecule has 3 aromatic heterocycles. The molecule has 8 nitrogen and oxygen atoms in total. The van der Waals surface area contributed by atoms with Crippen LogP contribution in [-0.4, -0.2) is 49.9 Å². The molecule has 1 amide bonds. The molecule has 182 valence electrons. The molecule has 2 aromatic carbocycles. The number of para-hydroxylation sites is 1. The first-order chi connectivity index (χ1) is 17.6. The second-order valence-corrected chi connectivity index (χ2v) is 9.97. The molecule has 2 aliphatic rings. The highest BCUT2D eigenvalue weighted by Gasteiger charge is 2.27. The summed E-state index contributed by atoms with van der Waals surface area (Å²) >= 11 is 0. The molecule has 0 bridgehead atoms. The van der Waals surface area contributed by atoms with Crippen LogP contribution in [0.25, 0.3) is 27.5 Å². The predicted molar refractivity (Wildman–Crippen MR) is 138 cm³/mol. The molecule has 2 N–H and O–H groups in total. The third-order valence-electron chi connectivity index (χ3n) is 7.84. The third-order valence-corrected chi connectivity index (χ3v) is 7.84. The molecular weight excluding hydrogens is 454 g/mol. The molecule has 8 heteroatoms. The first-order valence-electron chi connectivity index (χ1n) is 12.6. The molecule has 2 aliphatic heterocycles. The lowest BCUT2D eigenvalue weighted by molar-refractivity contribution is 0.0732. The van der Waals surface area contributed by atoms with Gasteiger partial charge >= 0.3 is 0 Å². The number of nitrogens with zero attached hydrogens (tertiary/aromatic N) is 3. The van der Waals surface area contributed by atoms with Gasteiger partial charge in [-0.15, -0.1) is 0 Å². The number of carbonyl (C=O) groups excluding carboxylic acids is 1. The highest BCUT2D eigenvalue weighted by atomic mass is 16.5. The fraction of sp³-hybridized carbons (Fsp3) is 0.321. The van der Waals surface area contributed by atoms with Crippen molar-refractivity contribution in [2.24, 2.45) is 0 Å². The number of carbonyl (C=O) groups is 1. The number of rotatable bonds is 2. The molecule has 1 saturated heterocycles. The standard InChI is InChI=1S/C28H27N5O3/c1-16-12-24-22(31-27(34)25-14-29-26(33(24)25)17-7-10-36-11-8-17)13-20(16)28(35)32-9-6-19-18-4-2-3-5-21(18)30-23(19)15-32/h2-5,12-14,17,30H,6-11,15H2,1H3,(H,31,34). The number of amides is 1. The van der Waals surface area contributed by atoms with E-state index in [9.17, 15) is 9.59 Å². The van der Waals surface area contributed by atoms with Gasteiger partial charge in [0.15, 0.2) is 0 Å². The number of hydrogen-bond donors (Lipinski definition) is 2. The van der Waals surface area contributed by atoms with Gasteiger partial charge in [0.1, 0.15) is 11.3 Å². The third kappa shape index (κ3) is 3.21. The van der Waals surface area contributed by atoms with Gasteiger partial charge in [0.25, 0.3) is 11.5 Å². The minimum Gasteiger partial charge on any atom is -0.381 e. The van der Waals surface area contributed by atoms with Crippen molar-refractivity contribution < 1.29 is 9.53 Å². The van der Waals surface area contributed by atoms with Crippen molar-refractivity contribution in [3.05, 3.63) is 81.2 Å². The number of fused-ring (bicyclic) bond motifs is 6. The van der Waals surface area contributed by atoms with Crippen LogP contribution in [0.2, 0.25) is 0 Å². The smallest absolute Gasteiger partial charge is 0.274 e. The van der Waals surface area contributed by atoms with E-state index in [0.717, 1.165) is 47.4 Å². The number of ether oxygens (including phenoxy) is 1. The van der Waals surface area contributed by atoms with E-state index in [1.165, 1.54) is 10.9 Å². The second kappa shape index (κ2) is 8.06. The lowest BCUT2D eigenvalue weighted by Crippen LogP contribution is -2.36. The van der Waals surface area contributed by atoms with E-state index < -0.39 is 0 Å². The summed E-state index contributed by atoms with van der Waals surface area (Å²) in [5, 5.41) is 1.24. The fourth-order valence-corrected chi connectivity index (χ4v) is 5.95. The molecule has 0 atom stereocenters. The summed E-state index contributed by atoms with van der Waals surface area (Å²) in [5.74, 6) is 1.12. The van der Waals surface area contributed by atoms with Gasteiger partial charge < -0.3 is 19.6 Å². The van der Waals surface area contributed by atoms with Crippen LogP contribution in [0.1, 0.15) is 51.8 Å². The molecule has 0 spiro atoms. The van der Waals surface area contributed by atoms with E-state index in [1.807, 2.05) is 34.4 Å². The number of aromatic amines is 2. The molecule has 0 aliphatic carbocycles. The molecular formula is C28H27N5O3. The monoisotopic (exact) mass is 481 g/mol. The summed E-state index contributed by atoms with van der Waals surface area (Å²) in [7, 11) is 0. The van der Waals surface area contributed by atoms with E-state index in [0.29, 0.717) is 42.9 Å². The van der Waals surface area contributed by atoms with E-state index in [-0.39, 0.29) is 17.4 Å². The quantitative estimate of drug-likeness (QED) is 0.398. The first-order valence-corrected chi connectivity index (χ1v) is 12.6. The van der Waals surface area contributed by atoms with Gasteiger partial charge in [0.2, 0.25) is 0 Å². The molecule has 36 heavy (non-hydrogen) atoms. The van der Waals surface area contributed by atoms with Crippen LogP contribution in [0.4, 0.5) is 0 Å². The van der Waals surface area contributed by atoms with E-state index in [1.54, 1.807) is 6.20 Å². The Morgan fingerprint density at radius 3 is 2.78 bits per heavy atom. The predicted octanol–water partition coefficient (Wildman–Crippen LogP) is 4.06. The topological polar surface area (TPSA) is 95.5 Å². The molecule has 7 rings (SSSR count). The number of benzene rings is 2. The van der Waals surface area contributed by atoms with Crippen LogP contribution in [0.5, 0.6) is 0 Å². The number of aromatic nitrogens is 4. The van der Waals surface area contributed by atoms with Gasteiger partial charge in [0.05, 0.1) is 23.8 Å². The summed E-state index contributed by atoms with van der Waals surface area (Å²) in [4.78, 5) is 39.6. The van der Waals surface area contributed by atoms with E-state index in [4.69, 9.17) is 4.74 Å². The van der Waals surface area contributed by atoms with Gasteiger partial charge in [-0.1, -0.05) is 18.2 Å². The average molecular weight is 482 g/mol. The Balaban J connectivity index is 1.29. The van der Waals surface area contributed by atoms with Crippen molar-refractivity contribution >= 4 is 33.4 Å². The van der Waals surface area contributed by atoms with Gasteiger partial charge in [0, 0.05) is 47.8 Å². The van der Waals surface area contributed by atoms with Crippen LogP contribution in [0.3, 0.4) is 0 Å². The van der Waals surface area contributed by atoms with Crippen molar-refractivity contribution in [2.75, 3.05) is 19.8 Å². The number of imidazole rings is 1. The zero-order valence-corrected chi connectivity index (χ0v) is 20.1. The molecule has 0 radical (unpaired) electrons. The van der Waals surface area contributed by atoms with Crippen LogP contribution in [0, 0.1) is 6.92 Å². The van der Waals surface area contributed by atoms with Gasteiger partial charge in [-0.3, -0.25) is 14.0 Å². The maximum Gasteiger partial charge on any atom is 0.274 e. The summed E-state index contributed by atoms with van der Waals surface area (Å²) in [5.41, 5.74) is 6.87. The van der Waals surface area contributed by atoms with Crippen LogP contribution >= 0.6 is 0 Å². The highest BCUT2D eigenvalue weighted by Crippen LogP contribution is 2.31. The van der Waals surface area contributed by atoms with E-state index >= 15 is 0 Å². The summed E-state index contributed by atoms with van der Waals surface area (Å²) in [6.45, 7) is 4.58. The van der Waals surface area contributed by atoms with Crippen LogP contribution < -0.4 is 5.56 Å². The Kier molecular flexibility index (Phi) is 4.79.